The Balaban J connectivity index is 2.11. The van der Waals surface area contributed by atoms with E-state index in [0.29, 0.717) is 23.2 Å². The van der Waals surface area contributed by atoms with Crippen molar-refractivity contribution >= 4 is 21.6 Å². The summed E-state index contributed by atoms with van der Waals surface area (Å²) >= 11 is 3.33. The van der Waals surface area contributed by atoms with E-state index in [9.17, 15) is 4.79 Å². The largest absolute Gasteiger partial charge is 0.375 e. The van der Waals surface area contributed by atoms with Crippen LogP contribution in [0.15, 0.2) is 21.8 Å². The van der Waals surface area contributed by atoms with Crippen molar-refractivity contribution in [2.45, 2.75) is 32.9 Å². The van der Waals surface area contributed by atoms with Crippen LogP contribution in [0.5, 0.6) is 0 Å². The lowest BCUT2D eigenvalue weighted by Gasteiger charge is -2.09. The number of rotatable bonds is 6. The van der Waals surface area contributed by atoms with E-state index in [4.69, 9.17) is 0 Å². The van der Waals surface area contributed by atoms with Crippen molar-refractivity contribution < 1.29 is 0 Å². The maximum Gasteiger partial charge on any atom is 0.283 e. The fourth-order valence-corrected chi connectivity index (χ4v) is 2.14. The van der Waals surface area contributed by atoms with Crippen LogP contribution in [0.25, 0.3) is 0 Å². The number of aryl methyl sites for hydroxylation is 2. The molecule has 2 aromatic heterocycles. The van der Waals surface area contributed by atoms with Gasteiger partial charge in [-0.15, -0.1) is 10.2 Å². The maximum absolute atomic E-state index is 12.1. The second kappa shape index (κ2) is 6.65. The average Bonchev–Trinajstić information content (AvgIpc) is 2.85. The smallest absolute Gasteiger partial charge is 0.283 e. The van der Waals surface area contributed by atoms with Crippen LogP contribution in [0.4, 0.5) is 5.69 Å². The number of nitrogens with zero attached hydrogens (tertiary/aromatic N) is 5. The molecule has 0 bridgehead atoms. The van der Waals surface area contributed by atoms with Crippen LogP contribution in [-0.4, -0.2) is 24.5 Å². The summed E-state index contributed by atoms with van der Waals surface area (Å²) in [6, 6.07) is 0. The molecule has 0 fully saturated rings. The number of hydrogen-bond acceptors (Lipinski definition) is 5. The second-order valence-corrected chi connectivity index (χ2v) is 5.26. The topological polar surface area (TPSA) is 77.6 Å². The molecule has 8 heteroatoms. The van der Waals surface area contributed by atoms with Gasteiger partial charge in [-0.25, -0.2) is 4.68 Å². The zero-order chi connectivity index (χ0) is 14.5. The van der Waals surface area contributed by atoms with Crippen LogP contribution in [0, 0.1) is 0 Å². The summed E-state index contributed by atoms with van der Waals surface area (Å²) in [7, 11) is 1.87. The Morgan fingerprint density at radius 2 is 2.25 bits per heavy atom. The van der Waals surface area contributed by atoms with Crippen molar-refractivity contribution in [1.29, 1.82) is 0 Å². The van der Waals surface area contributed by atoms with Crippen LogP contribution in [0.3, 0.4) is 0 Å². The number of halogens is 1. The Labute approximate surface area is 125 Å². The minimum atomic E-state index is -0.124. The van der Waals surface area contributed by atoms with Gasteiger partial charge in [0.05, 0.1) is 18.4 Å². The summed E-state index contributed by atoms with van der Waals surface area (Å²) in [5.74, 6) is 0.784. The van der Waals surface area contributed by atoms with Gasteiger partial charge in [-0.3, -0.25) is 4.79 Å². The number of hydrogen-bond donors (Lipinski definition) is 1. The molecule has 0 unspecified atom stereocenters. The predicted molar refractivity (Wildman–Crippen MR) is 79.4 cm³/mol. The SMILES string of the molecule is CCCCn1ncc(NCc2nncn2C)c(Br)c1=O. The van der Waals surface area contributed by atoms with Crippen molar-refractivity contribution in [2.75, 3.05) is 5.32 Å². The third-order valence-electron chi connectivity index (χ3n) is 2.95. The molecule has 2 heterocycles. The van der Waals surface area contributed by atoms with E-state index in [2.05, 4.69) is 43.5 Å². The third kappa shape index (κ3) is 3.24. The summed E-state index contributed by atoms with van der Waals surface area (Å²) in [5, 5.41) is 15.1. The minimum Gasteiger partial charge on any atom is -0.375 e. The first-order valence-corrected chi connectivity index (χ1v) is 7.25. The Kier molecular flexibility index (Phi) is 4.89. The van der Waals surface area contributed by atoms with Gasteiger partial charge in [0.1, 0.15) is 10.8 Å². The molecule has 20 heavy (non-hydrogen) atoms. The van der Waals surface area contributed by atoms with Crippen molar-refractivity contribution in [3.63, 3.8) is 0 Å². The number of anilines is 1. The van der Waals surface area contributed by atoms with E-state index >= 15 is 0 Å². The molecule has 2 rings (SSSR count). The third-order valence-corrected chi connectivity index (χ3v) is 3.72. The molecular formula is C12H17BrN6O. The fraction of sp³-hybridized carbons (Fsp3) is 0.500. The van der Waals surface area contributed by atoms with E-state index in [1.165, 1.54) is 4.68 Å². The highest BCUT2D eigenvalue weighted by atomic mass is 79.9. The van der Waals surface area contributed by atoms with Crippen LogP contribution in [0.1, 0.15) is 25.6 Å². The van der Waals surface area contributed by atoms with Gasteiger partial charge in [0.25, 0.3) is 5.56 Å². The van der Waals surface area contributed by atoms with Gasteiger partial charge < -0.3 is 9.88 Å². The van der Waals surface area contributed by atoms with Gasteiger partial charge in [-0.1, -0.05) is 13.3 Å². The molecular weight excluding hydrogens is 324 g/mol. The highest BCUT2D eigenvalue weighted by Gasteiger charge is 2.09. The molecule has 2 aromatic rings. The zero-order valence-electron chi connectivity index (χ0n) is 11.5. The lowest BCUT2D eigenvalue weighted by atomic mass is 10.3. The maximum atomic E-state index is 12.1. The highest BCUT2D eigenvalue weighted by molar-refractivity contribution is 9.10. The number of unbranched alkanes of at least 4 members (excludes halogenated alkanes) is 1. The Bertz CT molecular complexity index is 635. The quantitative estimate of drug-likeness (QED) is 0.863. The molecule has 0 saturated carbocycles. The van der Waals surface area contributed by atoms with E-state index < -0.39 is 0 Å². The van der Waals surface area contributed by atoms with Crippen LogP contribution >= 0.6 is 15.9 Å². The van der Waals surface area contributed by atoms with Crippen molar-refractivity contribution in [1.82, 2.24) is 24.5 Å². The van der Waals surface area contributed by atoms with Crippen LogP contribution < -0.4 is 10.9 Å². The molecule has 0 aliphatic heterocycles. The first-order valence-electron chi connectivity index (χ1n) is 6.45. The molecule has 7 nitrogen and oxygen atoms in total. The molecule has 0 saturated heterocycles. The lowest BCUT2D eigenvalue weighted by Crippen LogP contribution is -2.24. The Hall–Kier alpha value is -1.70. The summed E-state index contributed by atoms with van der Waals surface area (Å²) in [6.45, 7) is 3.20. The van der Waals surface area contributed by atoms with Gasteiger partial charge >= 0.3 is 0 Å². The number of aromatic nitrogens is 5. The zero-order valence-corrected chi connectivity index (χ0v) is 13.1. The van der Waals surface area contributed by atoms with Gasteiger partial charge in [-0.2, -0.15) is 5.10 Å². The predicted octanol–water partition coefficient (Wildman–Crippen LogP) is 1.55. The molecule has 0 radical (unpaired) electrons. The second-order valence-electron chi connectivity index (χ2n) is 4.47. The summed E-state index contributed by atoms with van der Waals surface area (Å²) < 4.78 is 3.78. The Morgan fingerprint density at radius 3 is 2.90 bits per heavy atom. The van der Waals surface area contributed by atoms with E-state index in [0.717, 1.165) is 18.7 Å². The van der Waals surface area contributed by atoms with Gasteiger partial charge in [0.2, 0.25) is 0 Å². The molecule has 0 atom stereocenters. The highest BCUT2D eigenvalue weighted by Crippen LogP contribution is 2.16. The van der Waals surface area contributed by atoms with Crippen molar-refractivity contribution in [3.05, 3.63) is 33.2 Å². The van der Waals surface area contributed by atoms with E-state index in [-0.39, 0.29) is 5.56 Å². The Morgan fingerprint density at radius 1 is 1.45 bits per heavy atom. The van der Waals surface area contributed by atoms with Crippen molar-refractivity contribution in [2.24, 2.45) is 7.05 Å². The molecule has 0 spiro atoms. The van der Waals surface area contributed by atoms with Gasteiger partial charge in [-0.05, 0) is 22.4 Å². The molecule has 108 valence electrons. The van der Waals surface area contributed by atoms with Crippen molar-refractivity contribution in [3.8, 4) is 0 Å². The van der Waals surface area contributed by atoms with Gasteiger partial charge in [0, 0.05) is 13.6 Å². The van der Waals surface area contributed by atoms with E-state index in [1.807, 2.05) is 11.6 Å². The minimum absolute atomic E-state index is 0.124. The first-order chi connectivity index (χ1) is 9.63. The lowest BCUT2D eigenvalue weighted by molar-refractivity contribution is 0.541. The summed E-state index contributed by atoms with van der Waals surface area (Å²) in [5.41, 5.74) is 0.534. The monoisotopic (exact) mass is 340 g/mol. The standard InChI is InChI=1S/C12H17BrN6O/c1-3-4-5-19-12(20)11(13)9(6-16-19)14-7-10-17-15-8-18(10)2/h6,8,14H,3-5,7H2,1-2H3. The molecule has 0 amide bonds. The first kappa shape index (κ1) is 14.7. The molecule has 0 aliphatic carbocycles. The van der Waals surface area contributed by atoms with Gasteiger partial charge in [0.15, 0.2) is 5.82 Å². The fourth-order valence-electron chi connectivity index (χ4n) is 1.70. The molecule has 0 aromatic carbocycles. The normalized spacial score (nSPS) is 10.8. The van der Waals surface area contributed by atoms with Crippen LogP contribution in [0.2, 0.25) is 0 Å². The average molecular weight is 341 g/mol. The molecule has 0 aliphatic rings. The summed E-state index contributed by atoms with van der Waals surface area (Å²) in [6.07, 6.45) is 5.24. The number of nitrogens with one attached hydrogen (secondary N) is 1. The van der Waals surface area contributed by atoms with Crippen LogP contribution in [-0.2, 0) is 20.1 Å². The summed E-state index contributed by atoms with van der Waals surface area (Å²) in [4.78, 5) is 12.1. The molecule has 1 N–H and O–H groups in total. The van der Waals surface area contributed by atoms with E-state index in [1.54, 1.807) is 12.5 Å².